The van der Waals surface area contributed by atoms with Crippen molar-refractivity contribution in [1.29, 1.82) is 0 Å². The molecule has 25 heavy (non-hydrogen) atoms. The second-order valence-electron chi connectivity index (χ2n) is 5.90. The Morgan fingerprint density at radius 3 is 2.68 bits per heavy atom. The summed E-state index contributed by atoms with van der Waals surface area (Å²) >= 11 is 0. The van der Waals surface area contributed by atoms with Crippen LogP contribution < -0.4 is 4.90 Å². The maximum absolute atomic E-state index is 12.7. The number of nitrogens with zero attached hydrogens (tertiary/aromatic N) is 1. The molecule has 0 aliphatic carbocycles. The average molecular weight is 337 g/mol. The number of carbonyl (C=O) groups is 2. The Morgan fingerprint density at radius 2 is 1.92 bits per heavy atom. The van der Waals surface area contributed by atoms with Crippen molar-refractivity contribution in [2.75, 3.05) is 19.1 Å². The molecule has 2 aromatic carbocycles. The van der Waals surface area contributed by atoms with Crippen molar-refractivity contribution in [2.24, 2.45) is 0 Å². The van der Waals surface area contributed by atoms with Crippen molar-refractivity contribution >= 4 is 28.5 Å². The van der Waals surface area contributed by atoms with E-state index in [9.17, 15) is 9.59 Å². The van der Waals surface area contributed by atoms with E-state index in [-0.39, 0.29) is 12.3 Å². The molecular weight excluding hydrogens is 318 g/mol. The lowest BCUT2D eigenvalue weighted by Gasteiger charge is -2.19. The van der Waals surface area contributed by atoms with Crippen molar-refractivity contribution in [3.05, 3.63) is 65.4 Å². The molecule has 0 saturated carbocycles. The fourth-order valence-electron chi connectivity index (χ4n) is 2.80. The van der Waals surface area contributed by atoms with E-state index in [1.807, 2.05) is 25.1 Å². The summed E-state index contributed by atoms with van der Waals surface area (Å²) in [6, 6.07) is 12.8. The van der Waals surface area contributed by atoms with Crippen LogP contribution in [0.5, 0.6) is 0 Å². The summed E-state index contributed by atoms with van der Waals surface area (Å²) in [5.41, 5.74) is 3.56. The van der Waals surface area contributed by atoms with Gasteiger partial charge in [-0.1, -0.05) is 23.8 Å². The van der Waals surface area contributed by atoms with E-state index in [1.165, 1.54) is 12.0 Å². The molecule has 0 saturated heterocycles. The number of anilines is 1. The summed E-state index contributed by atoms with van der Waals surface area (Å²) in [5.74, 6) is -0.611. The SMILES string of the molecule is COC(=O)c1ccccc1N(C)C(=O)Cc1coc2ccc(C)cc12. The smallest absolute Gasteiger partial charge is 0.339 e. The zero-order valence-electron chi connectivity index (χ0n) is 14.4. The molecule has 1 amide bonds. The van der Waals surface area contributed by atoms with Crippen LogP contribution in [0.25, 0.3) is 11.0 Å². The van der Waals surface area contributed by atoms with Crippen molar-refractivity contribution in [1.82, 2.24) is 0 Å². The number of para-hydroxylation sites is 1. The van der Waals surface area contributed by atoms with Gasteiger partial charge in [-0.15, -0.1) is 0 Å². The Morgan fingerprint density at radius 1 is 1.16 bits per heavy atom. The minimum Gasteiger partial charge on any atom is -0.465 e. The first kappa shape index (κ1) is 16.8. The van der Waals surface area contributed by atoms with Gasteiger partial charge in [0, 0.05) is 18.0 Å². The monoisotopic (exact) mass is 337 g/mol. The van der Waals surface area contributed by atoms with Crippen molar-refractivity contribution < 1.29 is 18.7 Å². The van der Waals surface area contributed by atoms with Crippen LogP contribution in [0.15, 0.2) is 53.1 Å². The standard InChI is InChI=1S/C20H19NO4/c1-13-8-9-18-16(10-13)14(12-25-18)11-19(22)21(2)17-7-5-4-6-15(17)20(23)24-3/h4-10,12H,11H2,1-3H3. The Balaban J connectivity index is 1.88. The zero-order valence-corrected chi connectivity index (χ0v) is 14.4. The minimum atomic E-state index is -0.473. The third-order valence-corrected chi connectivity index (χ3v) is 4.20. The van der Waals surface area contributed by atoms with Crippen molar-refractivity contribution in [3.63, 3.8) is 0 Å². The van der Waals surface area contributed by atoms with E-state index in [4.69, 9.17) is 9.15 Å². The molecule has 128 valence electrons. The van der Waals surface area contributed by atoms with Crippen LogP contribution in [-0.4, -0.2) is 26.0 Å². The lowest BCUT2D eigenvalue weighted by atomic mass is 10.1. The predicted molar refractivity (Wildman–Crippen MR) is 95.8 cm³/mol. The predicted octanol–water partition coefficient (Wildman–Crippen LogP) is 3.73. The number of amides is 1. The third kappa shape index (κ3) is 3.26. The normalized spacial score (nSPS) is 10.7. The first-order valence-electron chi connectivity index (χ1n) is 7.92. The molecule has 0 spiro atoms. The average Bonchev–Trinajstić information content (AvgIpc) is 3.02. The van der Waals surface area contributed by atoms with Gasteiger partial charge in [0.05, 0.1) is 31.0 Å². The van der Waals surface area contributed by atoms with Crippen LogP contribution in [0.2, 0.25) is 0 Å². The highest BCUT2D eigenvalue weighted by Gasteiger charge is 2.20. The number of benzene rings is 2. The zero-order chi connectivity index (χ0) is 18.0. The van der Waals surface area contributed by atoms with Crippen LogP contribution >= 0.6 is 0 Å². The maximum Gasteiger partial charge on any atom is 0.339 e. The van der Waals surface area contributed by atoms with E-state index in [0.29, 0.717) is 11.3 Å². The molecule has 0 unspecified atom stereocenters. The van der Waals surface area contributed by atoms with Gasteiger partial charge in [-0.05, 0) is 31.2 Å². The topological polar surface area (TPSA) is 59.8 Å². The Hall–Kier alpha value is -3.08. The molecule has 0 radical (unpaired) electrons. The van der Waals surface area contributed by atoms with Crippen LogP contribution in [0.3, 0.4) is 0 Å². The number of likely N-dealkylation sites (N-methyl/N-ethyl adjacent to an activating group) is 1. The maximum atomic E-state index is 12.7. The van der Waals surface area contributed by atoms with Gasteiger partial charge in [0.15, 0.2) is 0 Å². The van der Waals surface area contributed by atoms with Crippen molar-refractivity contribution in [2.45, 2.75) is 13.3 Å². The van der Waals surface area contributed by atoms with E-state index >= 15 is 0 Å². The van der Waals surface area contributed by atoms with Crippen LogP contribution in [0, 0.1) is 6.92 Å². The fourth-order valence-corrected chi connectivity index (χ4v) is 2.80. The summed E-state index contributed by atoms with van der Waals surface area (Å²) in [5, 5.41) is 0.933. The summed E-state index contributed by atoms with van der Waals surface area (Å²) in [6.07, 6.45) is 1.80. The first-order chi connectivity index (χ1) is 12.0. The summed E-state index contributed by atoms with van der Waals surface area (Å²) in [4.78, 5) is 26.1. The van der Waals surface area contributed by atoms with Gasteiger partial charge >= 0.3 is 5.97 Å². The highest BCUT2D eigenvalue weighted by molar-refractivity contribution is 6.03. The van der Waals surface area contributed by atoms with Gasteiger partial charge < -0.3 is 14.1 Å². The van der Waals surface area contributed by atoms with Gasteiger partial charge in [0.2, 0.25) is 5.91 Å². The molecule has 0 fully saturated rings. The number of methoxy groups -OCH3 is 1. The number of hydrogen-bond acceptors (Lipinski definition) is 4. The van der Waals surface area contributed by atoms with Gasteiger partial charge in [0.25, 0.3) is 0 Å². The number of furan rings is 1. The summed E-state index contributed by atoms with van der Waals surface area (Å²) in [7, 11) is 2.97. The molecule has 5 heteroatoms. The Kier molecular flexibility index (Phi) is 4.57. The van der Waals surface area contributed by atoms with Gasteiger partial charge in [-0.2, -0.15) is 0 Å². The number of aryl methyl sites for hydroxylation is 1. The molecule has 0 bridgehead atoms. The lowest BCUT2D eigenvalue weighted by Crippen LogP contribution is -2.29. The fraction of sp³-hybridized carbons (Fsp3) is 0.200. The first-order valence-corrected chi connectivity index (χ1v) is 7.92. The molecule has 0 N–H and O–H groups in total. The van der Waals surface area contributed by atoms with Gasteiger partial charge in [-0.25, -0.2) is 4.79 Å². The molecule has 1 aromatic heterocycles. The Labute approximate surface area is 145 Å². The minimum absolute atomic E-state index is 0.138. The number of hydrogen-bond donors (Lipinski definition) is 0. The Bertz CT molecular complexity index is 942. The van der Waals surface area contributed by atoms with E-state index in [2.05, 4.69) is 0 Å². The van der Waals surface area contributed by atoms with E-state index < -0.39 is 5.97 Å². The number of rotatable bonds is 4. The van der Waals surface area contributed by atoms with Crippen LogP contribution in [-0.2, 0) is 16.0 Å². The quantitative estimate of drug-likeness (QED) is 0.681. The molecule has 3 rings (SSSR count). The molecule has 3 aromatic rings. The second kappa shape index (κ2) is 6.81. The van der Waals surface area contributed by atoms with Crippen LogP contribution in [0.4, 0.5) is 5.69 Å². The highest BCUT2D eigenvalue weighted by Crippen LogP contribution is 2.25. The van der Waals surface area contributed by atoms with Gasteiger partial charge in [0.1, 0.15) is 5.58 Å². The van der Waals surface area contributed by atoms with Crippen molar-refractivity contribution in [3.8, 4) is 0 Å². The van der Waals surface area contributed by atoms with E-state index in [0.717, 1.165) is 22.1 Å². The van der Waals surface area contributed by atoms with Crippen LogP contribution in [0.1, 0.15) is 21.5 Å². The molecular formula is C20H19NO4. The molecule has 0 aliphatic heterocycles. The summed E-state index contributed by atoms with van der Waals surface area (Å²) in [6.45, 7) is 2.00. The molecule has 1 heterocycles. The molecule has 0 aliphatic rings. The van der Waals surface area contributed by atoms with Gasteiger partial charge in [-0.3, -0.25) is 4.79 Å². The number of fused-ring (bicyclic) bond motifs is 1. The third-order valence-electron chi connectivity index (χ3n) is 4.20. The lowest BCUT2D eigenvalue weighted by molar-refractivity contribution is -0.117. The molecule has 5 nitrogen and oxygen atoms in total. The second-order valence-corrected chi connectivity index (χ2v) is 5.90. The number of carbonyl (C=O) groups excluding carboxylic acids is 2. The van der Waals surface area contributed by atoms with E-state index in [1.54, 1.807) is 37.6 Å². The highest BCUT2D eigenvalue weighted by atomic mass is 16.5. The summed E-state index contributed by atoms with van der Waals surface area (Å²) < 4.78 is 10.3. The number of esters is 1. The number of ether oxygens (including phenoxy) is 1. The largest absolute Gasteiger partial charge is 0.465 e. The molecule has 0 atom stereocenters.